The first-order chi connectivity index (χ1) is 9.83. The minimum Gasteiger partial charge on any atom is -0.342 e. The molecule has 0 bridgehead atoms. The van der Waals surface area contributed by atoms with Crippen molar-refractivity contribution in [3.8, 4) is 0 Å². The number of hydrogen-bond acceptors (Lipinski definition) is 2. The summed E-state index contributed by atoms with van der Waals surface area (Å²) < 4.78 is 0. The largest absolute Gasteiger partial charge is 0.342 e. The zero-order chi connectivity index (χ0) is 13.8. The van der Waals surface area contributed by atoms with Gasteiger partial charge in [-0.1, -0.05) is 30.3 Å². The van der Waals surface area contributed by atoms with E-state index in [1.165, 1.54) is 5.56 Å². The van der Waals surface area contributed by atoms with Gasteiger partial charge in [0.15, 0.2) is 0 Å². The Morgan fingerprint density at radius 1 is 1.25 bits per heavy atom. The Balaban J connectivity index is 1.52. The predicted molar refractivity (Wildman–Crippen MR) is 80.4 cm³/mol. The summed E-state index contributed by atoms with van der Waals surface area (Å²) >= 11 is 0. The van der Waals surface area contributed by atoms with Crippen molar-refractivity contribution < 1.29 is 4.79 Å². The van der Waals surface area contributed by atoms with Crippen LogP contribution >= 0.6 is 0 Å². The zero-order valence-corrected chi connectivity index (χ0v) is 12.1. The molecule has 0 aliphatic carbocycles. The van der Waals surface area contributed by atoms with Crippen LogP contribution < -0.4 is 5.32 Å². The van der Waals surface area contributed by atoms with Crippen molar-refractivity contribution in [3.05, 3.63) is 35.9 Å². The highest BCUT2D eigenvalue weighted by atomic mass is 16.2. The monoisotopic (exact) mass is 272 g/mol. The normalized spacial score (nSPS) is 26.7. The third-order valence-electron chi connectivity index (χ3n) is 4.61. The molecule has 108 valence electrons. The Morgan fingerprint density at radius 3 is 2.85 bits per heavy atom. The smallest absolute Gasteiger partial charge is 0.226 e. The van der Waals surface area contributed by atoms with Crippen LogP contribution in [-0.4, -0.2) is 37.0 Å². The zero-order valence-electron chi connectivity index (χ0n) is 12.1. The molecule has 3 nitrogen and oxygen atoms in total. The van der Waals surface area contributed by atoms with Gasteiger partial charge in [0.25, 0.3) is 0 Å². The van der Waals surface area contributed by atoms with Crippen molar-refractivity contribution in [1.29, 1.82) is 0 Å². The lowest BCUT2D eigenvalue weighted by atomic mass is 9.97. The second-order valence-electron chi connectivity index (χ2n) is 6.17. The summed E-state index contributed by atoms with van der Waals surface area (Å²) in [6, 6.07) is 10.6. The summed E-state index contributed by atoms with van der Waals surface area (Å²) in [6.07, 6.45) is 4.46. The Morgan fingerprint density at radius 2 is 2.10 bits per heavy atom. The molecule has 0 saturated carbocycles. The van der Waals surface area contributed by atoms with Crippen molar-refractivity contribution >= 4 is 5.91 Å². The van der Waals surface area contributed by atoms with Gasteiger partial charge in [-0.3, -0.25) is 4.79 Å². The third kappa shape index (κ3) is 3.21. The molecule has 1 aromatic carbocycles. The van der Waals surface area contributed by atoms with Crippen molar-refractivity contribution in [2.24, 2.45) is 11.8 Å². The summed E-state index contributed by atoms with van der Waals surface area (Å²) in [6.45, 7) is 3.84. The van der Waals surface area contributed by atoms with Crippen LogP contribution in [0.4, 0.5) is 0 Å². The lowest BCUT2D eigenvalue weighted by Crippen LogP contribution is -2.42. The lowest BCUT2D eigenvalue weighted by Gasteiger charge is -2.27. The van der Waals surface area contributed by atoms with Crippen LogP contribution in [0.3, 0.4) is 0 Å². The molecule has 1 N–H and O–H groups in total. The predicted octanol–water partition coefficient (Wildman–Crippen LogP) is 2.08. The summed E-state index contributed by atoms with van der Waals surface area (Å²) in [5.74, 6) is 1.24. The molecule has 1 amide bonds. The SMILES string of the molecule is O=C(C1CCCNC1)N1CCC(Cc2ccccc2)C1. The molecule has 0 radical (unpaired) electrons. The van der Waals surface area contributed by atoms with Gasteiger partial charge < -0.3 is 10.2 Å². The van der Waals surface area contributed by atoms with Crippen LogP contribution in [0.25, 0.3) is 0 Å². The fraction of sp³-hybridized carbons (Fsp3) is 0.588. The van der Waals surface area contributed by atoms with Crippen LogP contribution in [0.2, 0.25) is 0 Å². The molecule has 2 atom stereocenters. The second kappa shape index (κ2) is 6.40. The summed E-state index contributed by atoms with van der Waals surface area (Å²) in [4.78, 5) is 14.6. The standard InChI is InChI=1S/C17H24N2O/c20-17(16-7-4-9-18-12-16)19-10-8-15(13-19)11-14-5-2-1-3-6-14/h1-3,5-6,15-16,18H,4,7-13H2. The average molecular weight is 272 g/mol. The van der Waals surface area contributed by atoms with Crippen molar-refractivity contribution in [2.45, 2.75) is 25.7 Å². The van der Waals surface area contributed by atoms with Crippen molar-refractivity contribution in [2.75, 3.05) is 26.2 Å². The fourth-order valence-corrected chi connectivity index (χ4v) is 3.47. The molecule has 20 heavy (non-hydrogen) atoms. The van der Waals surface area contributed by atoms with Gasteiger partial charge in [-0.05, 0) is 43.7 Å². The number of likely N-dealkylation sites (tertiary alicyclic amines) is 1. The van der Waals surface area contributed by atoms with E-state index in [2.05, 4.69) is 40.5 Å². The fourth-order valence-electron chi connectivity index (χ4n) is 3.47. The Bertz CT molecular complexity index is 440. The van der Waals surface area contributed by atoms with E-state index in [1.807, 2.05) is 0 Å². The van der Waals surface area contributed by atoms with Crippen LogP contribution in [0.1, 0.15) is 24.8 Å². The first-order valence-corrected chi connectivity index (χ1v) is 7.86. The van der Waals surface area contributed by atoms with Gasteiger partial charge >= 0.3 is 0 Å². The van der Waals surface area contributed by atoms with Gasteiger partial charge in [-0.25, -0.2) is 0 Å². The number of rotatable bonds is 3. The molecule has 2 unspecified atom stereocenters. The van der Waals surface area contributed by atoms with Crippen LogP contribution in [0.5, 0.6) is 0 Å². The van der Waals surface area contributed by atoms with Gasteiger partial charge in [0.1, 0.15) is 0 Å². The molecule has 2 aliphatic rings. The van der Waals surface area contributed by atoms with Gasteiger partial charge in [-0.2, -0.15) is 0 Å². The number of hydrogen-bond donors (Lipinski definition) is 1. The van der Waals surface area contributed by atoms with Crippen molar-refractivity contribution in [3.63, 3.8) is 0 Å². The van der Waals surface area contributed by atoms with E-state index in [4.69, 9.17) is 0 Å². The van der Waals surface area contributed by atoms with Gasteiger partial charge in [0.05, 0.1) is 5.92 Å². The highest BCUT2D eigenvalue weighted by molar-refractivity contribution is 5.79. The van der Waals surface area contributed by atoms with E-state index in [9.17, 15) is 4.79 Å². The first kappa shape index (κ1) is 13.6. The Kier molecular flexibility index (Phi) is 4.36. The Hall–Kier alpha value is -1.35. The number of carbonyl (C=O) groups is 1. The van der Waals surface area contributed by atoms with E-state index in [0.29, 0.717) is 11.8 Å². The molecular formula is C17H24N2O. The van der Waals surface area contributed by atoms with E-state index in [0.717, 1.165) is 51.9 Å². The van der Waals surface area contributed by atoms with Gasteiger partial charge in [-0.15, -0.1) is 0 Å². The first-order valence-electron chi connectivity index (χ1n) is 7.86. The molecule has 1 aromatic rings. The molecule has 2 aliphatic heterocycles. The minimum atomic E-state index is 0.222. The molecule has 2 heterocycles. The molecule has 3 rings (SSSR count). The quantitative estimate of drug-likeness (QED) is 0.913. The third-order valence-corrected chi connectivity index (χ3v) is 4.61. The number of benzene rings is 1. The average Bonchev–Trinajstić information content (AvgIpc) is 2.97. The molecular weight excluding hydrogens is 248 g/mol. The summed E-state index contributed by atoms with van der Waals surface area (Å²) in [5, 5.41) is 3.34. The number of carbonyl (C=O) groups excluding carboxylic acids is 1. The topological polar surface area (TPSA) is 32.3 Å². The van der Waals surface area contributed by atoms with E-state index in [-0.39, 0.29) is 5.92 Å². The highest BCUT2D eigenvalue weighted by Gasteiger charge is 2.31. The maximum absolute atomic E-state index is 12.5. The number of piperidine rings is 1. The van der Waals surface area contributed by atoms with E-state index in [1.54, 1.807) is 0 Å². The molecule has 2 saturated heterocycles. The van der Waals surface area contributed by atoms with Crippen LogP contribution in [-0.2, 0) is 11.2 Å². The van der Waals surface area contributed by atoms with Crippen molar-refractivity contribution in [1.82, 2.24) is 10.2 Å². The van der Waals surface area contributed by atoms with Crippen LogP contribution in [0.15, 0.2) is 30.3 Å². The maximum atomic E-state index is 12.5. The molecule has 3 heteroatoms. The molecule has 0 aromatic heterocycles. The van der Waals surface area contributed by atoms with Crippen LogP contribution in [0, 0.1) is 11.8 Å². The summed E-state index contributed by atoms with van der Waals surface area (Å²) in [7, 11) is 0. The minimum absolute atomic E-state index is 0.222. The van der Waals surface area contributed by atoms with E-state index >= 15 is 0 Å². The number of nitrogens with one attached hydrogen (secondary N) is 1. The summed E-state index contributed by atoms with van der Waals surface area (Å²) in [5.41, 5.74) is 1.39. The molecule has 0 spiro atoms. The maximum Gasteiger partial charge on any atom is 0.226 e. The highest BCUT2D eigenvalue weighted by Crippen LogP contribution is 2.23. The number of nitrogens with zero attached hydrogens (tertiary/aromatic N) is 1. The molecule has 2 fully saturated rings. The Labute approximate surface area is 121 Å². The van der Waals surface area contributed by atoms with E-state index < -0.39 is 0 Å². The second-order valence-corrected chi connectivity index (χ2v) is 6.17. The number of amides is 1. The lowest BCUT2D eigenvalue weighted by molar-refractivity contribution is -0.135. The van der Waals surface area contributed by atoms with Gasteiger partial charge in [0, 0.05) is 19.6 Å². The van der Waals surface area contributed by atoms with Gasteiger partial charge in [0.2, 0.25) is 5.91 Å².